The molecule has 19 heavy (non-hydrogen) atoms. The van der Waals surface area contributed by atoms with E-state index in [1.165, 1.54) is 0 Å². The number of carboxylic acids is 1. The van der Waals surface area contributed by atoms with Crippen molar-refractivity contribution in [2.45, 2.75) is 38.3 Å². The minimum Gasteiger partial charge on any atom is -0.481 e. The van der Waals surface area contributed by atoms with Gasteiger partial charge in [-0.3, -0.25) is 4.79 Å². The predicted molar refractivity (Wildman–Crippen MR) is 68.0 cm³/mol. The van der Waals surface area contributed by atoms with E-state index in [0.717, 1.165) is 12.8 Å². The highest BCUT2D eigenvalue weighted by Gasteiger charge is 2.18. The van der Waals surface area contributed by atoms with E-state index in [1.807, 2.05) is 0 Å². The van der Waals surface area contributed by atoms with Gasteiger partial charge in [-0.15, -0.1) is 0 Å². The number of rotatable bonds is 7. The average Bonchev–Trinajstić information content (AvgIpc) is 2.37. The van der Waals surface area contributed by atoms with Gasteiger partial charge in [-0.1, -0.05) is 0 Å². The molecule has 0 aromatic rings. The molecular weight excluding hydrogens is 252 g/mol. The molecule has 7 heteroatoms. The zero-order chi connectivity index (χ0) is 14.1. The Bertz CT molecular complexity index is 292. The molecule has 0 radical (unpaired) electrons. The van der Waals surface area contributed by atoms with E-state index in [1.54, 1.807) is 6.92 Å². The summed E-state index contributed by atoms with van der Waals surface area (Å²) in [5.74, 6) is -0.940. The summed E-state index contributed by atoms with van der Waals surface area (Å²) in [5, 5.41) is 14.2. The fourth-order valence-corrected chi connectivity index (χ4v) is 1.91. The van der Waals surface area contributed by atoms with Crippen molar-refractivity contribution in [3.05, 3.63) is 0 Å². The minimum absolute atomic E-state index is 0.120. The van der Waals surface area contributed by atoms with Gasteiger partial charge in [0.25, 0.3) is 0 Å². The number of aliphatic carboxylic acids is 1. The van der Waals surface area contributed by atoms with Crippen LogP contribution in [0.2, 0.25) is 0 Å². The molecule has 0 spiro atoms. The lowest BCUT2D eigenvalue weighted by molar-refractivity contribution is -0.140. The fourth-order valence-electron chi connectivity index (χ4n) is 1.91. The molecule has 1 rings (SSSR count). The number of nitrogens with one attached hydrogen (secondary N) is 2. The predicted octanol–water partition coefficient (Wildman–Crippen LogP) is 0.344. The van der Waals surface area contributed by atoms with Crippen molar-refractivity contribution in [1.29, 1.82) is 0 Å². The van der Waals surface area contributed by atoms with Crippen molar-refractivity contribution in [3.8, 4) is 0 Å². The third-order valence-corrected chi connectivity index (χ3v) is 2.85. The van der Waals surface area contributed by atoms with Crippen LogP contribution < -0.4 is 10.6 Å². The van der Waals surface area contributed by atoms with Crippen molar-refractivity contribution >= 4 is 12.0 Å². The number of hydrogen-bond acceptors (Lipinski definition) is 4. The summed E-state index contributed by atoms with van der Waals surface area (Å²) in [6, 6.07) is -0.166. The summed E-state index contributed by atoms with van der Waals surface area (Å²) in [6.07, 6.45) is 0.989. The lowest BCUT2D eigenvalue weighted by atomic mass is 10.1. The van der Waals surface area contributed by atoms with Crippen LogP contribution in [0.15, 0.2) is 0 Å². The second kappa shape index (κ2) is 8.71. The molecule has 0 aromatic heterocycles. The third-order valence-electron chi connectivity index (χ3n) is 2.85. The van der Waals surface area contributed by atoms with E-state index in [2.05, 4.69) is 10.6 Å². The highest BCUT2D eigenvalue weighted by Crippen LogP contribution is 2.05. The molecule has 1 saturated heterocycles. The molecule has 3 N–H and O–H groups in total. The SMILES string of the molecule is CCOC(CNC(=O)NC1CCOCC1)CC(=O)O. The largest absolute Gasteiger partial charge is 0.481 e. The van der Waals surface area contributed by atoms with Gasteiger partial charge in [-0.25, -0.2) is 4.79 Å². The molecule has 0 aromatic carbocycles. The van der Waals surface area contributed by atoms with Crippen LogP contribution >= 0.6 is 0 Å². The topological polar surface area (TPSA) is 96.9 Å². The molecule has 1 aliphatic heterocycles. The maximum Gasteiger partial charge on any atom is 0.315 e. The molecule has 1 atom stereocenters. The Labute approximate surface area is 112 Å². The Balaban J connectivity index is 2.23. The van der Waals surface area contributed by atoms with Crippen molar-refractivity contribution < 1.29 is 24.2 Å². The third kappa shape index (κ3) is 6.97. The molecule has 1 unspecified atom stereocenters. The van der Waals surface area contributed by atoms with Crippen LogP contribution in [0.1, 0.15) is 26.2 Å². The van der Waals surface area contributed by atoms with Gasteiger partial charge >= 0.3 is 12.0 Å². The van der Waals surface area contributed by atoms with Crippen LogP contribution in [-0.2, 0) is 14.3 Å². The molecule has 7 nitrogen and oxygen atoms in total. The number of amides is 2. The fraction of sp³-hybridized carbons (Fsp3) is 0.833. The Morgan fingerprint density at radius 3 is 2.68 bits per heavy atom. The zero-order valence-electron chi connectivity index (χ0n) is 11.2. The summed E-state index contributed by atoms with van der Waals surface area (Å²) in [6.45, 7) is 3.71. The summed E-state index contributed by atoms with van der Waals surface area (Å²) in [5.41, 5.74) is 0. The molecule has 2 amide bonds. The number of ether oxygens (including phenoxy) is 2. The van der Waals surface area contributed by atoms with Gasteiger partial charge in [-0.2, -0.15) is 0 Å². The van der Waals surface area contributed by atoms with Crippen molar-refractivity contribution in [1.82, 2.24) is 10.6 Å². The lowest BCUT2D eigenvalue weighted by Gasteiger charge is -2.24. The number of carboxylic acid groups (broad SMARTS) is 1. The molecule has 1 fully saturated rings. The first-order valence-electron chi connectivity index (χ1n) is 6.57. The maximum atomic E-state index is 11.6. The normalized spacial score (nSPS) is 17.7. The van der Waals surface area contributed by atoms with Crippen LogP contribution in [-0.4, -0.2) is 55.6 Å². The van der Waals surface area contributed by atoms with Crippen LogP contribution in [0.25, 0.3) is 0 Å². The van der Waals surface area contributed by atoms with Gasteiger partial charge in [0.1, 0.15) is 0 Å². The summed E-state index contributed by atoms with van der Waals surface area (Å²) in [4.78, 5) is 22.3. The second-order valence-corrected chi connectivity index (χ2v) is 4.42. The first kappa shape index (κ1) is 15.7. The summed E-state index contributed by atoms with van der Waals surface area (Å²) >= 11 is 0. The molecule has 0 saturated carbocycles. The lowest BCUT2D eigenvalue weighted by Crippen LogP contribution is -2.46. The van der Waals surface area contributed by atoms with E-state index < -0.39 is 12.1 Å². The van der Waals surface area contributed by atoms with E-state index in [4.69, 9.17) is 14.6 Å². The van der Waals surface area contributed by atoms with Crippen LogP contribution in [0.4, 0.5) is 4.79 Å². The number of urea groups is 1. The van der Waals surface area contributed by atoms with Crippen LogP contribution in [0.5, 0.6) is 0 Å². The average molecular weight is 274 g/mol. The van der Waals surface area contributed by atoms with Crippen molar-refractivity contribution in [2.75, 3.05) is 26.4 Å². The maximum absolute atomic E-state index is 11.6. The first-order valence-corrected chi connectivity index (χ1v) is 6.57. The zero-order valence-corrected chi connectivity index (χ0v) is 11.2. The summed E-state index contributed by atoms with van der Waals surface area (Å²) in [7, 11) is 0. The van der Waals surface area contributed by atoms with E-state index >= 15 is 0 Å². The Kier molecular flexibility index (Phi) is 7.20. The van der Waals surface area contributed by atoms with E-state index in [-0.39, 0.29) is 25.0 Å². The first-order chi connectivity index (χ1) is 9.11. The number of carbonyl (C=O) groups excluding carboxylic acids is 1. The monoisotopic (exact) mass is 274 g/mol. The Morgan fingerprint density at radius 2 is 2.11 bits per heavy atom. The Morgan fingerprint density at radius 1 is 1.42 bits per heavy atom. The quantitative estimate of drug-likeness (QED) is 0.622. The molecule has 110 valence electrons. The molecular formula is C12H22N2O5. The Hall–Kier alpha value is -1.34. The second-order valence-electron chi connectivity index (χ2n) is 4.42. The van der Waals surface area contributed by atoms with Crippen molar-refractivity contribution in [3.63, 3.8) is 0 Å². The highest BCUT2D eigenvalue weighted by atomic mass is 16.5. The molecule has 0 aliphatic carbocycles. The van der Waals surface area contributed by atoms with Gasteiger partial charge < -0.3 is 25.2 Å². The van der Waals surface area contributed by atoms with Gasteiger partial charge in [0.15, 0.2) is 0 Å². The molecule has 1 heterocycles. The van der Waals surface area contributed by atoms with E-state index in [9.17, 15) is 9.59 Å². The van der Waals surface area contributed by atoms with Crippen molar-refractivity contribution in [2.24, 2.45) is 0 Å². The molecule has 0 bridgehead atoms. The van der Waals surface area contributed by atoms with Crippen LogP contribution in [0, 0.1) is 0 Å². The minimum atomic E-state index is -0.940. The standard InChI is InChI=1S/C12H22N2O5/c1-2-19-10(7-11(15)16)8-13-12(17)14-9-3-5-18-6-4-9/h9-10H,2-8H2,1H3,(H,15,16)(H2,13,14,17). The number of carbonyl (C=O) groups is 2. The molecule has 1 aliphatic rings. The smallest absolute Gasteiger partial charge is 0.315 e. The highest BCUT2D eigenvalue weighted by molar-refractivity contribution is 5.74. The van der Waals surface area contributed by atoms with Gasteiger partial charge in [-0.05, 0) is 19.8 Å². The van der Waals surface area contributed by atoms with Gasteiger partial charge in [0.05, 0.1) is 12.5 Å². The van der Waals surface area contributed by atoms with Crippen LogP contribution in [0.3, 0.4) is 0 Å². The van der Waals surface area contributed by atoms with Gasteiger partial charge in [0.2, 0.25) is 0 Å². The van der Waals surface area contributed by atoms with E-state index in [0.29, 0.717) is 19.8 Å². The van der Waals surface area contributed by atoms with Gasteiger partial charge in [0, 0.05) is 32.4 Å². The number of hydrogen-bond donors (Lipinski definition) is 3. The summed E-state index contributed by atoms with van der Waals surface area (Å²) < 4.78 is 10.4.